The summed E-state index contributed by atoms with van der Waals surface area (Å²) in [5.41, 5.74) is 1.76. The number of hydrogen-bond donors (Lipinski definition) is 1. The number of hydrogen-bond acceptors (Lipinski definition) is 4. The third kappa shape index (κ3) is 5.08. The highest BCUT2D eigenvalue weighted by Crippen LogP contribution is 2.16. The Balaban J connectivity index is 1.92. The maximum absolute atomic E-state index is 12.2. The number of aromatic nitrogens is 1. The molecule has 2 rings (SSSR count). The van der Waals surface area contributed by atoms with Gasteiger partial charge in [0.15, 0.2) is 0 Å². The van der Waals surface area contributed by atoms with E-state index in [0.29, 0.717) is 13.1 Å². The summed E-state index contributed by atoms with van der Waals surface area (Å²) in [5, 5.41) is 2.82. The zero-order valence-corrected chi connectivity index (χ0v) is 13.9. The van der Waals surface area contributed by atoms with Crippen molar-refractivity contribution in [1.29, 1.82) is 0 Å². The summed E-state index contributed by atoms with van der Waals surface area (Å²) < 4.78 is 5.25. The molecule has 0 aliphatic rings. The van der Waals surface area contributed by atoms with E-state index in [9.17, 15) is 9.59 Å². The Hall–Kier alpha value is -2.89. The summed E-state index contributed by atoms with van der Waals surface area (Å²) in [6, 6.07) is 11.2. The minimum atomic E-state index is -0.222. The Bertz CT molecular complexity index is 689. The highest BCUT2D eigenvalue weighted by atomic mass is 16.5. The van der Waals surface area contributed by atoms with Crippen molar-refractivity contribution in [3.05, 3.63) is 59.9 Å². The first-order valence-electron chi connectivity index (χ1n) is 7.63. The molecule has 0 aliphatic carbocycles. The number of nitrogens with one attached hydrogen (secondary N) is 1. The molecule has 0 aliphatic heterocycles. The lowest BCUT2D eigenvalue weighted by molar-refractivity contribution is -0.135. The fourth-order valence-corrected chi connectivity index (χ4v) is 2.26. The fraction of sp³-hybridized carbons (Fsp3) is 0.278. The van der Waals surface area contributed by atoms with Gasteiger partial charge in [-0.15, -0.1) is 0 Å². The van der Waals surface area contributed by atoms with Crippen LogP contribution in [0.2, 0.25) is 0 Å². The summed E-state index contributed by atoms with van der Waals surface area (Å²) in [5.74, 6) is 0.336. The van der Waals surface area contributed by atoms with E-state index in [1.165, 1.54) is 11.8 Å². The average molecular weight is 327 g/mol. The predicted molar refractivity (Wildman–Crippen MR) is 90.2 cm³/mol. The third-order valence-electron chi connectivity index (χ3n) is 3.54. The van der Waals surface area contributed by atoms with Gasteiger partial charge in [0, 0.05) is 38.0 Å². The van der Waals surface area contributed by atoms with Crippen molar-refractivity contribution in [3.8, 4) is 5.75 Å². The molecule has 0 spiro atoms. The number of amides is 2. The molecule has 1 heterocycles. The van der Waals surface area contributed by atoms with Gasteiger partial charge < -0.3 is 15.0 Å². The molecule has 0 radical (unpaired) electrons. The number of methoxy groups -OCH3 is 1. The van der Waals surface area contributed by atoms with E-state index in [1.54, 1.807) is 25.6 Å². The van der Waals surface area contributed by atoms with Crippen LogP contribution in [0.15, 0.2) is 48.8 Å². The van der Waals surface area contributed by atoms with E-state index in [0.717, 1.165) is 16.9 Å². The van der Waals surface area contributed by atoms with Gasteiger partial charge in [0.25, 0.3) is 0 Å². The van der Waals surface area contributed by atoms with Gasteiger partial charge in [-0.05, 0) is 17.7 Å². The van der Waals surface area contributed by atoms with E-state index in [-0.39, 0.29) is 18.4 Å². The standard InChI is InChI=1S/C18H21N3O3/c1-14(22)21(12-15-6-5-9-19-10-15)13-18(23)20-11-16-7-3-4-8-17(16)24-2/h3-10H,11-13H2,1-2H3,(H,20,23). The zero-order valence-electron chi connectivity index (χ0n) is 13.9. The number of benzene rings is 1. The minimum Gasteiger partial charge on any atom is -0.496 e. The lowest BCUT2D eigenvalue weighted by Gasteiger charge is -2.20. The van der Waals surface area contributed by atoms with Crippen LogP contribution in [0.4, 0.5) is 0 Å². The van der Waals surface area contributed by atoms with E-state index < -0.39 is 0 Å². The van der Waals surface area contributed by atoms with Crippen LogP contribution < -0.4 is 10.1 Å². The van der Waals surface area contributed by atoms with E-state index in [2.05, 4.69) is 10.3 Å². The van der Waals surface area contributed by atoms with Crippen LogP contribution in [0.25, 0.3) is 0 Å². The molecule has 2 aromatic rings. The zero-order chi connectivity index (χ0) is 17.4. The average Bonchev–Trinajstić information content (AvgIpc) is 2.60. The second kappa shape index (κ2) is 8.67. The Morgan fingerprint density at radius 2 is 2.00 bits per heavy atom. The molecule has 24 heavy (non-hydrogen) atoms. The molecule has 6 heteroatoms. The van der Waals surface area contributed by atoms with Crippen molar-refractivity contribution in [3.63, 3.8) is 0 Å². The molecular formula is C18H21N3O3. The quantitative estimate of drug-likeness (QED) is 0.841. The lowest BCUT2D eigenvalue weighted by atomic mass is 10.2. The Kier molecular flexibility index (Phi) is 6.31. The molecule has 1 aromatic heterocycles. The molecule has 0 atom stereocenters. The predicted octanol–water partition coefficient (Wildman–Crippen LogP) is 1.76. The van der Waals surface area contributed by atoms with Crippen LogP contribution in [0.5, 0.6) is 5.75 Å². The molecule has 0 fully saturated rings. The van der Waals surface area contributed by atoms with Crippen molar-refractivity contribution in [1.82, 2.24) is 15.2 Å². The first-order valence-corrected chi connectivity index (χ1v) is 7.63. The minimum absolute atomic E-state index is 0.000618. The van der Waals surface area contributed by atoms with Gasteiger partial charge in [-0.2, -0.15) is 0 Å². The Morgan fingerprint density at radius 1 is 1.21 bits per heavy atom. The highest BCUT2D eigenvalue weighted by molar-refractivity contribution is 5.83. The first-order chi connectivity index (χ1) is 11.6. The van der Waals surface area contributed by atoms with E-state index >= 15 is 0 Å². The van der Waals surface area contributed by atoms with E-state index in [1.807, 2.05) is 30.3 Å². The second-order valence-corrected chi connectivity index (χ2v) is 5.32. The molecule has 0 saturated heterocycles. The van der Waals surface area contributed by atoms with Crippen molar-refractivity contribution >= 4 is 11.8 Å². The maximum Gasteiger partial charge on any atom is 0.239 e. The van der Waals surface area contributed by atoms with Gasteiger partial charge in [0.2, 0.25) is 11.8 Å². The fourth-order valence-electron chi connectivity index (χ4n) is 2.26. The smallest absolute Gasteiger partial charge is 0.239 e. The molecule has 0 bridgehead atoms. The van der Waals surface area contributed by atoms with Crippen LogP contribution >= 0.6 is 0 Å². The van der Waals surface area contributed by atoms with Crippen LogP contribution in [0.3, 0.4) is 0 Å². The van der Waals surface area contributed by atoms with Gasteiger partial charge in [0.05, 0.1) is 13.7 Å². The Morgan fingerprint density at radius 3 is 2.67 bits per heavy atom. The lowest BCUT2D eigenvalue weighted by Crippen LogP contribution is -2.39. The molecule has 0 saturated carbocycles. The summed E-state index contributed by atoms with van der Waals surface area (Å²) in [7, 11) is 1.59. The van der Waals surface area contributed by atoms with Crippen molar-refractivity contribution in [2.75, 3.05) is 13.7 Å². The monoisotopic (exact) mass is 327 g/mol. The molecule has 1 N–H and O–H groups in total. The van der Waals surface area contributed by atoms with Gasteiger partial charge in [0.1, 0.15) is 5.75 Å². The maximum atomic E-state index is 12.2. The number of rotatable bonds is 7. The highest BCUT2D eigenvalue weighted by Gasteiger charge is 2.14. The van der Waals surface area contributed by atoms with Crippen LogP contribution in [-0.2, 0) is 22.7 Å². The molecule has 126 valence electrons. The van der Waals surface area contributed by atoms with Gasteiger partial charge in [-0.1, -0.05) is 24.3 Å². The second-order valence-electron chi connectivity index (χ2n) is 5.32. The van der Waals surface area contributed by atoms with Crippen molar-refractivity contribution < 1.29 is 14.3 Å². The molecule has 0 unspecified atom stereocenters. The number of ether oxygens (including phenoxy) is 1. The first kappa shape index (κ1) is 17.5. The van der Waals surface area contributed by atoms with Crippen LogP contribution in [0, 0.1) is 0 Å². The Labute approximate surface area is 141 Å². The molecule has 2 amide bonds. The topological polar surface area (TPSA) is 71.5 Å². The molecule has 1 aromatic carbocycles. The SMILES string of the molecule is COc1ccccc1CNC(=O)CN(Cc1cccnc1)C(C)=O. The number of carbonyl (C=O) groups is 2. The summed E-state index contributed by atoms with van der Waals surface area (Å²) in [6.45, 7) is 2.15. The number of pyridine rings is 1. The third-order valence-corrected chi connectivity index (χ3v) is 3.54. The van der Waals surface area contributed by atoms with Gasteiger partial charge in [-0.3, -0.25) is 14.6 Å². The molecular weight excluding hydrogens is 306 g/mol. The van der Waals surface area contributed by atoms with Crippen LogP contribution in [-0.4, -0.2) is 35.4 Å². The van der Waals surface area contributed by atoms with Crippen molar-refractivity contribution in [2.45, 2.75) is 20.0 Å². The summed E-state index contributed by atoms with van der Waals surface area (Å²) in [6.07, 6.45) is 3.35. The van der Waals surface area contributed by atoms with Crippen molar-refractivity contribution in [2.24, 2.45) is 0 Å². The number of carbonyl (C=O) groups excluding carboxylic acids is 2. The summed E-state index contributed by atoms with van der Waals surface area (Å²) in [4.78, 5) is 29.4. The van der Waals surface area contributed by atoms with Gasteiger partial charge >= 0.3 is 0 Å². The normalized spacial score (nSPS) is 10.1. The number of nitrogens with zero attached hydrogens (tertiary/aromatic N) is 2. The number of para-hydroxylation sites is 1. The van der Waals surface area contributed by atoms with Gasteiger partial charge in [-0.25, -0.2) is 0 Å². The van der Waals surface area contributed by atoms with E-state index in [4.69, 9.17) is 4.74 Å². The molecule has 6 nitrogen and oxygen atoms in total. The summed E-state index contributed by atoms with van der Waals surface area (Å²) >= 11 is 0. The largest absolute Gasteiger partial charge is 0.496 e. The van der Waals surface area contributed by atoms with Crippen LogP contribution in [0.1, 0.15) is 18.1 Å².